The number of alkyl carbamates (subject to hydrolysis) is 1. The van der Waals surface area contributed by atoms with Crippen molar-refractivity contribution < 1.29 is 19.0 Å². The molecule has 1 unspecified atom stereocenters. The van der Waals surface area contributed by atoms with Gasteiger partial charge in [-0.05, 0) is 39.7 Å². The fourth-order valence-electron chi connectivity index (χ4n) is 2.51. The van der Waals surface area contributed by atoms with Gasteiger partial charge in [-0.25, -0.2) is 9.78 Å². The van der Waals surface area contributed by atoms with Gasteiger partial charge in [0.2, 0.25) is 5.88 Å². The Balaban J connectivity index is 2.96. The zero-order chi connectivity index (χ0) is 19.0. The van der Waals surface area contributed by atoms with E-state index in [1.165, 1.54) is 0 Å². The highest BCUT2D eigenvalue weighted by Gasteiger charge is 2.21. The smallest absolute Gasteiger partial charge is 0.407 e. The molecule has 1 amide bonds. The number of nitrogens with one attached hydrogen (secondary N) is 1. The van der Waals surface area contributed by atoms with E-state index in [-0.39, 0.29) is 6.04 Å². The lowest BCUT2D eigenvalue weighted by Crippen LogP contribution is -2.40. The van der Waals surface area contributed by atoms with Crippen LogP contribution in [0.5, 0.6) is 11.6 Å². The molecule has 0 spiro atoms. The van der Waals surface area contributed by atoms with Gasteiger partial charge < -0.3 is 19.5 Å². The molecule has 25 heavy (non-hydrogen) atoms. The van der Waals surface area contributed by atoms with Crippen molar-refractivity contribution in [2.45, 2.75) is 71.9 Å². The summed E-state index contributed by atoms with van der Waals surface area (Å²) in [6.45, 7) is 9.65. The second kappa shape index (κ2) is 9.49. The van der Waals surface area contributed by atoms with E-state index in [4.69, 9.17) is 14.2 Å². The summed E-state index contributed by atoms with van der Waals surface area (Å²) < 4.78 is 16.3. The molecule has 0 aliphatic carbocycles. The lowest BCUT2D eigenvalue weighted by molar-refractivity contribution is 0.0502. The predicted molar refractivity (Wildman–Crippen MR) is 98.5 cm³/mol. The van der Waals surface area contributed by atoms with Gasteiger partial charge in [-0.15, -0.1) is 0 Å². The van der Waals surface area contributed by atoms with E-state index in [2.05, 4.69) is 17.2 Å². The van der Waals surface area contributed by atoms with Gasteiger partial charge in [0, 0.05) is 18.0 Å². The van der Waals surface area contributed by atoms with Crippen LogP contribution in [0.15, 0.2) is 6.07 Å². The zero-order valence-electron chi connectivity index (χ0n) is 16.6. The molecule has 0 saturated heterocycles. The molecule has 0 saturated carbocycles. The van der Waals surface area contributed by atoms with Crippen LogP contribution in [0.3, 0.4) is 0 Å². The molecule has 0 bridgehead atoms. The number of methoxy groups -OCH3 is 2. The van der Waals surface area contributed by atoms with Crippen LogP contribution in [-0.2, 0) is 17.6 Å². The van der Waals surface area contributed by atoms with Crippen molar-refractivity contribution in [1.29, 1.82) is 0 Å². The highest BCUT2D eigenvalue weighted by Crippen LogP contribution is 2.27. The van der Waals surface area contributed by atoms with Gasteiger partial charge in [-0.3, -0.25) is 0 Å². The van der Waals surface area contributed by atoms with Crippen molar-refractivity contribution in [2.75, 3.05) is 14.2 Å². The second-order valence-corrected chi connectivity index (χ2v) is 7.01. The zero-order valence-corrected chi connectivity index (χ0v) is 16.6. The SMILES string of the molecule is CCCc1cc(OC)c(CC(CC)NC(=O)OC(C)(C)C)nc1OC. The minimum atomic E-state index is -0.524. The Bertz CT molecular complexity index is 567. The van der Waals surface area contributed by atoms with Crippen LogP contribution in [0.1, 0.15) is 58.7 Å². The molecule has 0 aromatic carbocycles. The number of nitrogens with zero attached hydrogens (tertiary/aromatic N) is 1. The van der Waals surface area contributed by atoms with Crippen LogP contribution in [-0.4, -0.2) is 36.9 Å². The molecule has 6 nitrogen and oxygen atoms in total. The molecule has 1 N–H and O–H groups in total. The van der Waals surface area contributed by atoms with Crippen LogP contribution in [0.4, 0.5) is 4.79 Å². The highest BCUT2D eigenvalue weighted by atomic mass is 16.6. The van der Waals surface area contributed by atoms with Gasteiger partial charge >= 0.3 is 6.09 Å². The number of carbonyl (C=O) groups excluding carboxylic acids is 1. The number of aryl methyl sites for hydroxylation is 1. The maximum Gasteiger partial charge on any atom is 0.407 e. The van der Waals surface area contributed by atoms with Gasteiger partial charge in [0.25, 0.3) is 0 Å². The van der Waals surface area contributed by atoms with Gasteiger partial charge in [-0.1, -0.05) is 20.3 Å². The Morgan fingerprint density at radius 1 is 1.24 bits per heavy atom. The van der Waals surface area contributed by atoms with Crippen LogP contribution >= 0.6 is 0 Å². The molecular formula is C19H32N2O4. The van der Waals surface area contributed by atoms with E-state index >= 15 is 0 Å². The molecule has 6 heteroatoms. The maximum absolute atomic E-state index is 12.0. The number of rotatable bonds is 8. The van der Waals surface area contributed by atoms with E-state index in [0.29, 0.717) is 18.1 Å². The van der Waals surface area contributed by atoms with Crippen LogP contribution in [0, 0.1) is 0 Å². The third kappa shape index (κ3) is 6.80. The Hall–Kier alpha value is -1.98. The molecule has 0 radical (unpaired) electrons. The average Bonchev–Trinajstić information content (AvgIpc) is 2.53. The third-order valence-corrected chi connectivity index (χ3v) is 3.69. The first-order valence-electron chi connectivity index (χ1n) is 8.84. The minimum absolute atomic E-state index is 0.0991. The second-order valence-electron chi connectivity index (χ2n) is 7.01. The maximum atomic E-state index is 12.0. The normalized spacial score (nSPS) is 12.4. The Kier molecular flexibility index (Phi) is 8.00. The Morgan fingerprint density at radius 3 is 2.40 bits per heavy atom. The summed E-state index contributed by atoms with van der Waals surface area (Å²) in [6, 6.07) is 1.88. The van der Waals surface area contributed by atoms with Crippen LogP contribution in [0.2, 0.25) is 0 Å². The molecule has 1 aromatic heterocycles. The summed E-state index contributed by atoms with van der Waals surface area (Å²) in [7, 11) is 3.25. The van der Waals surface area contributed by atoms with E-state index < -0.39 is 11.7 Å². The largest absolute Gasteiger partial charge is 0.495 e. The predicted octanol–water partition coefficient (Wildman–Crippen LogP) is 3.90. The van der Waals surface area contributed by atoms with Gasteiger partial charge in [-0.2, -0.15) is 0 Å². The summed E-state index contributed by atoms with van der Waals surface area (Å²) in [5.41, 5.74) is 1.27. The molecular weight excluding hydrogens is 320 g/mol. The number of hydrogen-bond donors (Lipinski definition) is 1. The lowest BCUT2D eigenvalue weighted by atomic mass is 10.1. The fourth-order valence-corrected chi connectivity index (χ4v) is 2.51. The minimum Gasteiger partial charge on any atom is -0.495 e. The number of hydrogen-bond acceptors (Lipinski definition) is 5. The molecule has 142 valence electrons. The van der Waals surface area contributed by atoms with E-state index in [9.17, 15) is 4.79 Å². The molecule has 1 atom stereocenters. The van der Waals surface area contributed by atoms with Crippen molar-refractivity contribution in [2.24, 2.45) is 0 Å². The summed E-state index contributed by atoms with van der Waals surface area (Å²) in [4.78, 5) is 16.6. The topological polar surface area (TPSA) is 69.7 Å². The quantitative estimate of drug-likeness (QED) is 0.768. The monoisotopic (exact) mass is 352 g/mol. The van der Waals surface area contributed by atoms with Crippen molar-refractivity contribution in [3.63, 3.8) is 0 Å². The molecule has 1 heterocycles. The molecule has 1 aromatic rings. The van der Waals surface area contributed by atoms with Crippen molar-refractivity contribution in [3.05, 3.63) is 17.3 Å². The molecule has 0 fully saturated rings. The van der Waals surface area contributed by atoms with Crippen molar-refractivity contribution >= 4 is 6.09 Å². The number of carbonyl (C=O) groups is 1. The average molecular weight is 352 g/mol. The van der Waals surface area contributed by atoms with Gasteiger partial charge in [0.15, 0.2) is 0 Å². The number of amides is 1. The van der Waals surface area contributed by atoms with E-state index in [1.807, 2.05) is 33.8 Å². The Labute approximate surface area is 151 Å². The van der Waals surface area contributed by atoms with Gasteiger partial charge in [0.1, 0.15) is 11.4 Å². The molecule has 0 aliphatic rings. The standard InChI is InChI=1S/C19H32N2O4/c1-8-10-13-11-16(23-6)15(21-17(13)24-7)12-14(9-2)20-18(22)25-19(3,4)5/h11,14H,8-10,12H2,1-7H3,(H,20,22). The molecule has 0 aliphatic heterocycles. The summed E-state index contributed by atoms with van der Waals surface area (Å²) in [5, 5.41) is 2.90. The van der Waals surface area contributed by atoms with Crippen LogP contribution < -0.4 is 14.8 Å². The highest BCUT2D eigenvalue weighted by molar-refractivity contribution is 5.68. The molecule has 1 rings (SSSR count). The summed E-state index contributed by atoms with van der Waals surface area (Å²) in [5.74, 6) is 1.33. The van der Waals surface area contributed by atoms with Crippen molar-refractivity contribution in [1.82, 2.24) is 10.3 Å². The first kappa shape index (κ1) is 21.1. The Morgan fingerprint density at radius 2 is 1.92 bits per heavy atom. The van der Waals surface area contributed by atoms with Crippen molar-refractivity contribution in [3.8, 4) is 11.6 Å². The van der Waals surface area contributed by atoms with E-state index in [0.717, 1.165) is 30.5 Å². The van der Waals surface area contributed by atoms with Crippen LogP contribution in [0.25, 0.3) is 0 Å². The summed E-state index contributed by atoms with van der Waals surface area (Å²) in [6.07, 6.45) is 2.75. The summed E-state index contributed by atoms with van der Waals surface area (Å²) >= 11 is 0. The lowest BCUT2D eigenvalue weighted by Gasteiger charge is -2.23. The number of ether oxygens (including phenoxy) is 3. The number of pyridine rings is 1. The first-order chi connectivity index (χ1) is 11.7. The first-order valence-corrected chi connectivity index (χ1v) is 8.84. The number of aromatic nitrogens is 1. The fraction of sp³-hybridized carbons (Fsp3) is 0.684. The third-order valence-electron chi connectivity index (χ3n) is 3.69. The van der Waals surface area contributed by atoms with Gasteiger partial charge in [0.05, 0.1) is 19.9 Å². The van der Waals surface area contributed by atoms with E-state index in [1.54, 1.807) is 14.2 Å².